The molecule has 0 aliphatic carbocycles. The average Bonchev–Trinajstić information content (AvgIpc) is 2.69. The predicted molar refractivity (Wildman–Crippen MR) is 73.9 cm³/mol. The van der Waals surface area contributed by atoms with Crippen LogP contribution in [-0.2, 0) is 0 Å². The second-order valence-electron chi connectivity index (χ2n) is 3.63. The van der Waals surface area contributed by atoms with Crippen LogP contribution in [0.3, 0.4) is 0 Å². The monoisotopic (exact) mass is 380 g/mol. The normalized spacial score (nSPS) is 12.8. The summed E-state index contributed by atoms with van der Waals surface area (Å²) in [6.45, 7) is 1.55. The first-order valence-electron chi connectivity index (χ1n) is 4.84. The summed E-state index contributed by atoms with van der Waals surface area (Å²) >= 11 is 8.24. The molecule has 0 radical (unpaired) electrons. The molecule has 17 heavy (non-hydrogen) atoms. The first-order valence-corrected chi connectivity index (χ1v) is 7.36. The van der Waals surface area contributed by atoms with Gasteiger partial charge in [-0.05, 0) is 52.7 Å². The molecule has 0 fully saturated rings. The second-order valence-corrected chi connectivity index (χ2v) is 7.04. The van der Waals surface area contributed by atoms with E-state index in [2.05, 4.69) is 31.9 Å². The minimum atomic E-state index is -0.393. The van der Waals surface area contributed by atoms with E-state index in [4.69, 9.17) is 0 Å². The van der Waals surface area contributed by atoms with Crippen molar-refractivity contribution in [2.75, 3.05) is 0 Å². The Hall–Kier alpha value is -0.260. The van der Waals surface area contributed by atoms with Crippen LogP contribution in [0.4, 0.5) is 8.78 Å². The van der Waals surface area contributed by atoms with Gasteiger partial charge >= 0.3 is 0 Å². The molecule has 1 heterocycles. The molecule has 0 N–H and O–H groups in total. The van der Waals surface area contributed by atoms with Gasteiger partial charge in [0.05, 0.1) is 8.61 Å². The number of hydrogen-bond donors (Lipinski definition) is 0. The lowest BCUT2D eigenvalue weighted by Crippen LogP contribution is -1.97. The minimum Gasteiger partial charge on any atom is -0.207 e. The molecule has 1 aromatic carbocycles. The molecule has 1 unspecified atom stereocenters. The van der Waals surface area contributed by atoms with Crippen LogP contribution < -0.4 is 0 Å². The number of rotatable bonds is 2. The first kappa shape index (κ1) is 13.2. The smallest absolute Gasteiger partial charge is 0.128 e. The van der Waals surface area contributed by atoms with Crippen LogP contribution in [0.15, 0.2) is 28.1 Å². The number of aryl methyl sites for hydroxylation is 1. The molecule has 5 heteroatoms. The number of thiophene rings is 1. The van der Waals surface area contributed by atoms with Gasteiger partial charge in [-0.15, -0.1) is 11.3 Å². The summed E-state index contributed by atoms with van der Waals surface area (Å²) in [5, 5.41) is 0. The van der Waals surface area contributed by atoms with Crippen molar-refractivity contribution in [1.82, 2.24) is 0 Å². The summed E-state index contributed by atoms with van der Waals surface area (Å²) < 4.78 is 28.2. The third-order valence-corrected chi connectivity index (χ3v) is 5.37. The van der Waals surface area contributed by atoms with Gasteiger partial charge in [0.1, 0.15) is 11.6 Å². The van der Waals surface area contributed by atoms with E-state index < -0.39 is 5.82 Å². The maximum Gasteiger partial charge on any atom is 0.128 e. The Morgan fingerprint density at radius 3 is 2.47 bits per heavy atom. The van der Waals surface area contributed by atoms with Gasteiger partial charge in [0.2, 0.25) is 0 Å². The fourth-order valence-corrected chi connectivity index (χ4v) is 3.68. The highest BCUT2D eigenvalue weighted by molar-refractivity contribution is 9.11. The predicted octanol–water partition coefficient (Wildman–Crippen LogP) is 5.58. The molecule has 0 nitrogen and oxygen atoms in total. The Balaban J connectivity index is 2.43. The molecule has 0 aliphatic rings. The van der Waals surface area contributed by atoms with Crippen molar-refractivity contribution in [2.45, 2.75) is 11.8 Å². The summed E-state index contributed by atoms with van der Waals surface area (Å²) in [4.78, 5) is 0.605. The second kappa shape index (κ2) is 5.16. The van der Waals surface area contributed by atoms with Crippen LogP contribution >= 0.6 is 43.2 Å². The van der Waals surface area contributed by atoms with Gasteiger partial charge in [0.15, 0.2) is 0 Å². The van der Waals surface area contributed by atoms with Gasteiger partial charge < -0.3 is 0 Å². The maximum atomic E-state index is 13.8. The Kier molecular flexibility index (Phi) is 4.00. The van der Waals surface area contributed by atoms with Crippen LogP contribution in [0.5, 0.6) is 0 Å². The number of hydrogen-bond acceptors (Lipinski definition) is 1. The van der Waals surface area contributed by atoms with Crippen LogP contribution in [-0.4, -0.2) is 0 Å². The van der Waals surface area contributed by atoms with E-state index in [9.17, 15) is 8.78 Å². The van der Waals surface area contributed by atoms with Crippen molar-refractivity contribution in [3.05, 3.63) is 55.7 Å². The quantitative estimate of drug-likeness (QED) is 0.595. The van der Waals surface area contributed by atoms with Crippen LogP contribution in [0.1, 0.15) is 20.8 Å². The van der Waals surface area contributed by atoms with Crippen molar-refractivity contribution in [3.8, 4) is 0 Å². The summed E-state index contributed by atoms with van der Waals surface area (Å²) in [6.07, 6.45) is 0. The van der Waals surface area contributed by atoms with Gasteiger partial charge in [0.25, 0.3) is 0 Å². The van der Waals surface area contributed by atoms with Crippen molar-refractivity contribution < 1.29 is 8.78 Å². The Morgan fingerprint density at radius 2 is 1.88 bits per heavy atom. The van der Waals surface area contributed by atoms with Crippen molar-refractivity contribution >= 4 is 43.2 Å². The number of benzene rings is 1. The zero-order valence-corrected chi connectivity index (χ0v) is 12.8. The van der Waals surface area contributed by atoms with E-state index in [1.807, 2.05) is 12.1 Å². The third-order valence-electron chi connectivity index (χ3n) is 2.39. The zero-order valence-electron chi connectivity index (χ0n) is 8.81. The van der Waals surface area contributed by atoms with Gasteiger partial charge in [-0.2, -0.15) is 0 Å². The molecular formula is C12H8Br2F2S. The third kappa shape index (κ3) is 2.77. The van der Waals surface area contributed by atoms with Crippen molar-refractivity contribution in [3.63, 3.8) is 0 Å². The van der Waals surface area contributed by atoms with Crippen LogP contribution in [0.25, 0.3) is 0 Å². The summed E-state index contributed by atoms with van der Waals surface area (Å²) in [7, 11) is 0. The zero-order chi connectivity index (χ0) is 12.6. The van der Waals surface area contributed by atoms with Crippen molar-refractivity contribution in [2.24, 2.45) is 0 Å². The molecule has 0 aliphatic heterocycles. The van der Waals surface area contributed by atoms with Gasteiger partial charge in [-0.1, -0.05) is 15.9 Å². The molecule has 90 valence electrons. The minimum absolute atomic E-state index is 0.318. The first-order chi connectivity index (χ1) is 7.99. The lowest BCUT2D eigenvalue weighted by atomic mass is 10.1. The van der Waals surface area contributed by atoms with E-state index >= 15 is 0 Å². The highest BCUT2D eigenvalue weighted by Gasteiger charge is 2.18. The molecule has 0 saturated heterocycles. The fourth-order valence-electron chi connectivity index (χ4n) is 1.47. The number of halogens is 4. The lowest BCUT2D eigenvalue weighted by Gasteiger charge is -2.10. The van der Waals surface area contributed by atoms with Gasteiger partial charge in [0, 0.05) is 10.4 Å². The molecule has 0 spiro atoms. The van der Waals surface area contributed by atoms with E-state index in [1.165, 1.54) is 23.5 Å². The Labute approximate surface area is 119 Å². The van der Waals surface area contributed by atoms with E-state index in [1.54, 1.807) is 6.92 Å². The molecule has 2 aromatic rings. The number of alkyl halides is 1. The standard InChI is InChI=1S/C12H8Br2F2S/c1-6-4-9(16)7(5-8(6)15)12(14)10-2-3-11(13)17-10/h2-5,12H,1H3. The van der Waals surface area contributed by atoms with Crippen LogP contribution in [0, 0.1) is 18.6 Å². The SMILES string of the molecule is Cc1cc(F)c(C(Br)c2ccc(Br)s2)cc1F. The molecule has 0 saturated carbocycles. The maximum absolute atomic E-state index is 13.8. The molecule has 1 atom stereocenters. The Bertz CT molecular complexity index is 551. The highest BCUT2D eigenvalue weighted by atomic mass is 79.9. The molecule has 2 rings (SSSR count). The highest BCUT2D eigenvalue weighted by Crippen LogP contribution is 2.38. The topological polar surface area (TPSA) is 0 Å². The van der Waals surface area contributed by atoms with Crippen LogP contribution in [0.2, 0.25) is 0 Å². The van der Waals surface area contributed by atoms with E-state index in [-0.39, 0.29) is 10.6 Å². The Morgan fingerprint density at radius 1 is 1.18 bits per heavy atom. The molecular weight excluding hydrogens is 374 g/mol. The average molecular weight is 382 g/mol. The largest absolute Gasteiger partial charge is 0.207 e. The molecule has 1 aromatic heterocycles. The van der Waals surface area contributed by atoms with E-state index in [0.29, 0.717) is 11.1 Å². The van der Waals surface area contributed by atoms with Gasteiger partial charge in [-0.25, -0.2) is 8.78 Å². The lowest BCUT2D eigenvalue weighted by molar-refractivity contribution is 0.581. The van der Waals surface area contributed by atoms with Crippen molar-refractivity contribution in [1.29, 1.82) is 0 Å². The summed E-state index contributed by atoms with van der Waals surface area (Å²) in [5.41, 5.74) is 0.640. The molecule has 0 bridgehead atoms. The summed E-state index contributed by atoms with van der Waals surface area (Å²) in [5.74, 6) is -0.781. The van der Waals surface area contributed by atoms with E-state index in [0.717, 1.165) is 8.66 Å². The molecule has 0 amide bonds. The fraction of sp³-hybridized carbons (Fsp3) is 0.167. The van der Waals surface area contributed by atoms with Gasteiger partial charge in [-0.3, -0.25) is 0 Å². The summed E-state index contributed by atoms with van der Waals surface area (Å²) in [6, 6.07) is 6.24.